The van der Waals surface area contributed by atoms with Crippen LogP contribution in [-0.2, 0) is 23.1 Å². The maximum absolute atomic E-state index is 13.6. The molecule has 3 heterocycles. The van der Waals surface area contributed by atoms with E-state index in [0.29, 0.717) is 10.9 Å². The van der Waals surface area contributed by atoms with Gasteiger partial charge >= 0.3 is 13.7 Å². The molecule has 4 rings (SSSR count). The molecule has 1 fully saturated rings. The standard InChI is InChI=1S/C21H26N6O8P2S/c1-10(21(30)34-36)26-37(31,35-11-5-3-2-4-6-11)32-8-13-15(28)16(29)20(33-13)27-7-12(18(23)38)14-17(22)24-9-25-19(14)27/h2-7,9-10,13,15-16,20,28-29H,8,36H2,1H3,(H2,23,38)(H,26,31)(H2,22,24,25)/t10-,13?,15-,16-,20-,37?/m1/s1/i36D/t10-,13?,15-,16-,20-,36?,37?. The number of ether oxygens (including phenoxy) is 1. The summed E-state index contributed by atoms with van der Waals surface area (Å²) in [5.41, 5.74) is 12.4. The number of anilines is 1. The maximum atomic E-state index is 13.6. The molecule has 204 valence electrons. The van der Waals surface area contributed by atoms with Crippen molar-refractivity contribution >= 4 is 57.2 Å². The van der Waals surface area contributed by atoms with Crippen LogP contribution < -0.4 is 21.1 Å². The van der Waals surface area contributed by atoms with Gasteiger partial charge in [0.05, 0.1) is 22.7 Å². The van der Waals surface area contributed by atoms with E-state index in [4.69, 9.17) is 38.7 Å². The number of aliphatic hydroxyl groups is 2. The van der Waals surface area contributed by atoms with Gasteiger partial charge in [-0.2, -0.15) is 5.09 Å². The van der Waals surface area contributed by atoms with E-state index in [2.05, 4.69) is 19.6 Å². The van der Waals surface area contributed by atoms with Gasteiger partial charge in [-0.3, -0.25) is 9.32 Å². The molecule has 0 amide bonds. The number of aliphatic hydroxyl groups excluding tert-OH is 2. The number of benzene rings is 1. The van der Waals surface area contributed by atoms with Crippen LogP contribution in [0.2, 0.25) is 0 Å². The van der Waals surface area contributed by atoms with Crippen LogP contribution in [0.5, 0.6) is 5.75 Å². The second-order valence-corrected chi connectivity index (χ2v) is 10.6. The minimum Gasteiger partial charge on any atom is -0.450 e. The summed E-state index contributed by atoms with van der Waals surface area (Å²) in [6.07, 6.45) is -2.64. The number of nitrogens with two attached hydrogens (primary N) is 2. The molecular weight excluding hydrogens is 558 g/mol. The number of para-hydroxylation sites is 1. The SMILES string of the molecule is [2H]POC(=O)[C@@H](C)NP(=O)(OCC1O[C@@H](n2cc(C(N)=S)c3c(N)ncnc32)[C@H](O)[C@@H]1O)Oc1ccccc1. The monoisotopic (exact) mass is 585 g/mol. The normalized spacial score (nSPS) is 24.2. The highest BCUT2D eigenvalue weighted by Gasteiger charge is 2.46. The summed E-state index contributed by atoms with van der Waals surface area (Å²) in [5.74, 6) is -0.563. The van der Waals surface area contributed by atoms with Crippen molar-refractivity contribution in [2.45, 2.75) is 37.5 Å². The van der Waals surface area contributed by atoms with Crippen molar-refractivity contribution in [1.82, 2.24) is 19.6 Å². The van der Waals surface area contributed by atoms with Crippen LogP contribution >= 0.6 is 29.4 Å². The summed E-state index contributed by atoms with van der Waals surface area (Å²) in [6.45, 7) is 0.837. The van der Waals surface area contributed by atoms with Crippen molar-refractivity contribution in [3.63, 3.8) is 0 Å². The Morgan fingerprint density at radius 2 is 2.11 bits per heavy atom. The van der Waals surface area contributed by atoms with Gasteiger partial charge < -0.3 is 40.0 Å². The Kier molecular flexibility index (Phi) is 8.17. The maximum Gasteiger partial charge on any atom is 0.459 e. The first kappa shape index (κ1) is 26.9. The average Bonchev–Trinajstić information content (AvgIpc) is 3.42. The Morgan fingerprint density at radius 3 is 2.79 bits per heavy atom. The second kappa shape index (κ2) is 11.6. The summed E-state index contributed by atoms with van der Waals surface area (Å²) < 4.78 is 43.7. The van der Waals surface area contributed by atoms with Crippen LogP contribution in [0.25, 0.3) is 11.0 Å². The quantitative estimate of drug-likeness (QED) is 0.156. The first-order chi connectivity index (χ1) is 18.5. The minimum absolute atomic E-state index is 0.0110. The van der Waals surface area contributed by atoms with E-state index in [1.54, 1.807) is 18.2 Å². The highest BCUT2D eigenvalue weighted by molar-refractivity contribution is 7.80. The molecule has 3 aromatic rings. The number of thiocarbonyl (C=S) groups is 1. The zero-order chi connectivity index (χ0) is 28.3. The van der Waals surface area contributed by atoms with Crippen molar-refractivity contribution in [2.24, 2.45) is 5.73 Å². The molecule has 38 heavy (non-hydrogen) atoms. The molecule has 1 aliphatic rings. The largest absolute Gasteiger partial charge is 0.459 e. The van der Waals surface area contributed by atoms with E-state index in [1.807, 2.05) is 0 Å². The van der Waals surface area contributed by atoms with Crippen LogP contribution in [0.4, 0.5) is 5.82 Å². The number of hydrogen-bond acceptors (Lipinski definition) is 12. The highest BCUT2D eigenvalue weighted by Crippen LogP contribution is 2.46. The van der Waals surface area contributed by atoms with E-state index in [1.165, 1.54) is 36.1 Å². The molecule has 0 aliphatic carbocycles. The van der Waals surface area contributed by atoms with Crippen molar-refractivity contribution in [3.05, 3.63) is 48.4 Å². The van der Waals surface area contributed by atoms with Crippen LogP contribution in [0, 0.1) is 0 Å². The van der Waals surface area contributed by atoms with Crippen LogP contribution in [0.1, 0.15) is 18.7 Å². The highest BCUT2D eigenvalue weighted by atomic mass is 32.1. The lowest BCUT2D eigenvalue weighted by atomic mass is 10.1. The summed E-state index contributed by atoms with van der Waals surface area (Å²) in [6, 6.07) is 6.88. The van der Waals surface area contributed by atoms with Crippen LogP contribution in [-0.4, -0.2) is 67.9 Å². The van der Waals surface area contributed by atoms with Gasteiger partial charge in [0, 0.05) is 11.8 Å². The Hall–Kier alpha value is -2.74. The summed E-state index contributed by atoms with van der Waals surface area (Å²) in [4.78, 5) is 20.2. The molecule has 0 bridgehead atoms. The van der Waals surface area contributed by atoms with Gasteiger partial charge in [-0.1, -0.05) is 30.4 Å². The number of nitrogens with zero attached hydrogens (tertiary/aromatic N) is 3. The van der Waals surface area contributed by atoms with Gasteiger partial charge in [-0.25, -0.2) is 14.5 Å². The zero-order valence-electron chi connectivity index (χ0n) is 20.8. The Morgan fingerprint density at radius 1 is 1.37 bits per heavy atom. The van der Waals surface area contributed by atoms with Crippen molar-refractivity contribution in [2.75, 3.05) is 12.3 Å². The number of hydrogen-bond donors (Lipinski definition) is 5. The molecule has 14 nitrogen and oxygen atoms in total. The van der Waals surface area contributed by atoms with Gasteiger partial charge in [0.15, 0.2) is 6.23 Å². The molecule has 7 atom stereocenters. The molecule has 2 aromatic heterocycles. The van der Waals surface area contributed by atoms with Gasteiger partial charge in [0.25, 0.3) is 0 Å². The van der Waals surface area contributed by atoms with Crippen molar-refractivity contribution in [3.8, 4) is 5.75 Å². The van der Waals surface area contributed by atoms with E-state index in [0.717, 1.165) is 0 Å². The molecule has 0 spiro atoms. The Bertz CT molecular complexity index is 1400. The van der Waals surface area contributed by atoms with E-state index in [-0.39, 0.29) is 22.2 Å². The Balaban J connectivity index is 1.56. The number of rotatable bonds is 11. The number of nitrogen functional groups attached to an aromatic ring is 1. The molecule has 1 aromatic carbocycles. The lowest BCUT2D eigenvalue weighted by molar-refractivity contribution is -0.134. The summed E-state index contributed by atoms with van der Waals surface area (Å²) >= 11 is 5.10. The third-order valence-corrected chi connectivity index (χ3v) is 7.76. The molecule has 1 saturated heterocycles. The van der Waals surface area contributed by atoms with Gasteiger partial charge in [0.1, 0.15) is 52.9 Å². The van der Waals surface area contributed by atoms with Gasteiger partial charge in [-0.05, 0) is 19.1 Å². The summed E-state index contributed by atoms with van der Waals surface area (Å²) in [5, 5.41) is 24.4. The molecule has 0 saturated carbocycles. The topological polar surface area (TPSA) is 206 Å². The fraction of sp³-hybridized carbons (Fsp3) is 0.333. The summed E-state index contributed by atoms with van der Waals surface area (Å²) in [7, 11) is -5.14. The molecular formula is C21H26N6O8P2S. The molecule has 7 N–H and O–H groups in total. The molecule has 3 unspecified atom stereocenters. The predicted octanol–water partition coefficient (Wildman–Crippen LogP) is 0.782. The third-order valence-electron chi connectivity index (χ3n) is 5.70. The number of carbonyl (C=O) groups is 1. The first-order valence-corrected chi connectivity index (χ1v) is 13.5. The molecule has 0 radical (unpaired) electrons. The minimum atomic E-state index is -4.28. The number of carbonyl (C=O) groups excluding carboxylic acids is 1. The number of aromatic nitrogens is 3. The van der Waals surface area contributed by atoms with Gasteiger partial charge in [-0.15, -0.1) is 0 Å². The van der Waals surface area contributed by atoms with E-state index in [9.17, 15) is 19.6 Å². The van der Waals surface area contributed by atoms with Crippen LogP contribution in [0.3, 0.4) is 0 Å². The smallest absolute Gasteiger partial charge is 0.450 e. The zero-order valence-corrected chi connectivity index (χ0v) is 22.5. The molecule has 1 aliphatic heterocycles. The molecule has 17 heteroatoms. The van der Waals surface area contributed by atoms with Gasteiger partial charge in [0.2, 0.25) is 0 Å². The number of fused-ring (bicyclic) bond motifs is 1. The van der Waals surface area contributed by atoms with Crippen LogP contribution in [0.15, 0.2) is 42.9 Å². The van der Waals surface area contributed by atoms with E-state index < -0.39 is 60.3 Å². The lowest BCUT2D eigenvalue weighted by Crippen LogP contribution is -2.36. The van der Waals surface area contributed by atoms with Crippen molar-refractivity contribution < 1.29 is 37.9 Å². The average molecular weight is 585 g/mol. The predicted molar refractivity (Wildman–Crippen MR) is 143 cm³/mol. The number of nitrogens with one attached hydrogen (secondary N) is 1. The fourth-order valence-corrected chi connectivity index (χ4v) is 5.68. The lowest BCUT2D eigenvalue weighted by Gasteiger charge is -2.24. The first-order valence-electron chi connectivity index (χ1n) is 11.6. The Labute approximate surface area is 225 Å². The third kappa shape index (κ3) is 5.80. The second-order valence-electron chi connectivity index (χ2n) is 8.29. The van der Waals surface area contributed by atoms with Crippen molar-refractivity contribution in [1.29, 1.82) is 1.28 Å². The fourth-order valence-electron chi connectivity index (χ4n) is 3.85. The van der Waals surface area contributed by atoms with E-state index >= 15 is 0 Å².